The van der Waals surface area contributed by atoms with E-state index < -0.39 is 5.60 Å². The molecule has 2 nitrogen and oxygen atoms in total. The normalized spacial score (nSPS) is 37.5. The van der Waals surface area contributed by atoms with Gasteiger partial charge in [-0.3, -0.25) is 0 Å². The molecule has 0 aromatic heterocycles. The maximum absolute atomic E-state index is 5.87. The maximum Gasteiger partial charge on any atom is 0.170 e. The third-order valence-electron chi connectivity index (χ3n) is 2.94. The minimum Gasteiger partial charge on any atom is -0.346 e. The highest BCUT2D eigenvalue weighted by atomic mass is 16.8. The van der Waals surface area contributed by atoms with Gasteiger partial charge in [0.1, 0.15) is 0 Å². The second kappa shape index (κ2) is 3.01. The first-order chi connectivity index (χ1) is 6.18. The summed E-state index contributed by atoms with van der Waals surface area (Å²) in [5.74, 6) is 2.33. The maximum atomic E-state index is 5.87. The molecule has 1 saturated heterocycles. The Bertz CT molecular complexity index is 235. The fraction of sp³-hybridized carbons (Fsp3) is 0.818. The fourth-order valence-electron chi connectivity index (χ4n) is 2.15. The molecule has 1 heterocycles. The zero-order chi connectivity index (χ0) is 9.36. The molecule has 2 fully saturated rings. The predicted molar refractivity (Wildman–Crippen MR) is 50.1 cm³/mol. The smallest absolute Gasteiger partial charge is 0.170 e. The molecule has 1 atom stereocenters. The SMILES string of the molecule is C#C[C@]1(C)COC2(CCCCC2)O1. The number of terminal acetylenes is 1. The lowest BCUT2D eigenvalue weighted by Crippen LogP contribution is -2.35. The highest BCUT2D eigenvalue weighted by Crippen LogP contribution is 2.41. The average molecular weight is 180 g/mol. The average Bonchev–Trinajstić information content (AvgIpc) is 2.47. The zero-order valence-corrected chi connectivity index (χ0v) is 8.14. The molecule has 1 aliphatic heterocycles. The number of rotatable bonds is 0. The summed E-state index contributed by atoms with van der Waals surface area (Å²) in [7, 11) is 0. The minimum atomic E-state index is -0.489. The zero-order valence-electron chi connectivity index (χ0n) is 8.14. The molecule has 0 N–H and O–H groups in total. The van der Waals surface area contributed by atoms with Crippen molar-refractivity contribution in [2.75, 3.05) is 6.61 Å². The Kier molecular flexibility index (Phi) is 2.09. The Hall–Kier alpha value is -0.520. The van der Waals surface area contributed by atoms with E-state index in [9.17, 15) is 0 Å². The van der Waals surface area contributed by atoms with Crippen molar-refractivity contribution in [2.24, 2.45) is 0 Å². The van der Waals surface area contributed by atoms with Crippen LogP contribution >= 0.6 is 0 Å². The van der Waals surface area contributed by atoms with E-state index in [1.807, 2.05) is 6.92 Å². The summed E-state index contributed by atoms with van der Waals surface area (Å²) >= 11 is 0. The van der Waals surface area contributed by atoms with Crippen molar-refractivity contribution in [3.05, 3.63) is 0 Å². The van der Waals surface area contributed by atoms with Crippen LogP contribution in [0.5, 0.6) is 0 Å². The van der Waals surface area contributed by atoms with Gasteiger partial charge in [0.15, 0.2) is 11.4 Å². The van der Waals surface area contributed by atoms with Gasteiger partial charge in [0.25, 0.3) is 0 Å². The standard InChI is InChI=1S/C11H16O2/c1-3-10(2)9-12-11(13-10)7-5-4-6-8-11/h1H,4-9H2,2H3/t10-/m1/s1. The Labute approximate surface area is 79.6 Å². The molecule has 1 spiro atoms. The molecule has 2 aliphatic rings. The van der Waals surface area contributed by atoms with Crippen LogP contribution in [0.4, 0.5) is 0 Å². The second-order valence-corrected chi connectivity index (χ2v) is 4.24. The second-order valence-electron chi connectivity index (χ2n) is 4.24. The topological polar surface area (TPSA) is 18.5 Å². The molecule has 1 aliphatic carbocycles. The van der Waals surface area contributed by atoms with Gasteiger partial charge in [-0.1, -0.05) is 12.3 Å². The predicted octanol–water partition coefficient (Wildman–Crippen LogP) is 2.09. The Morgan fingerprint density at radius 1 is 1.23 bits per heavy atom. The third kappa shape index (κ3) is 1.59. The van der Waals surface area contributed by atoms with Crippen LogP contribution < -0.4 is 0 Å². The third-order valence-corrected chi connectivity index (χ3v) is 2.94. The van der Waals surface area contributed by atoms with Gasteiger partial charge in [0.05, 0.1) is 6.61 Å². The van der Waals surface area contributed by atoms with Gasteiger partial charge >= 0.3 is 0 Å². The molecule has 0 aromatic carbocycles. The lowest BCUT2D eigenvalue weighted by Gasteiger charge is -2.32. The summed E-state index contributed by atoms with van der Waals surface area (Å²) in [4.78, 5) is 0. The van der Waals surface area contributed by atoms with Gasteiger partial charge in [-0.15, -0.1) is 6.42 Å². The lowest BCUT2D eigenvalue weighted by molar-refractivity contribution is -0.193. The van der Waals surface area contributed by atoms with E-state index in [1.54, 1.807) is 0 Å². The summed E-state index contributed by atoms with van der Waals surface area (Å²) in [6.07, 6.45) is 11.1. The molecule has 0 radical (unpaired) electrons. The van der Waals surface area contributed by atoms with Crippen LogP contribution in [0.1, 0.15) is 39.0 Å². The van der Waals surface area contributed by atoms with Crippen molar-refractivity contribution in [2.45, 2.75) is 50.4 Å². The first kappa shape index (κ1) is 9.05. The van der Waals surface area contributed by atoms with Crippen LogP contribution in [-0.4, -0.2) is 18.0 Å². The van der Waals surface area contributed by atoms with Gasteiger partial charge in [0.2, 0.25) is 0 Å². The van der Waals surface area contributed by atoms with E-state index in [1.165, 1.54) is 19.3 Å². The van der Waals surface area contributed by atoms with Gasteiger partial charge < -0.3 is 9.47 Å². The van der Waals surface area contributed by atoms with Gasteiger partial charge in [-0.05, 0) is 19.8 Å². The van der Waals surface area contributed by atoms with Gasteiger partial charge in [-0.2, -0.15) is 0 Å². The summed E-state index contributed by atoms with van der Waals surface area (Å²) in [6, 6.07) is 0. The van der Waals surface area contributed by atoms with E-state index in [2.05, 4.69) is 5.92 Å². The molecule has 72 valence electrons. The van der Waals surface area contributed by atoms with Gasteiger partial charge in [-0.25, -0.2) is 0 Å². The molecule has 0 unspecified atom stereocenters. The van der Waals surface area contributed by atoms with Crippen molar-refractivity contribution >= 4 is 0 Å². The van der Waals surface area contributed by atoms with Crippen molar-refractivity contribution < 1.29 is 9.47 Å². The van der Waals surface area contributed by atoms with E-state index in [0.29, 0.717) is 6.61 Å². The quantitative estimate of drug-likeness (QED) is 0.531. The number of ether oxygens (including phenoxy) is 2. The van der Waals surface area contributed by atoms with Crippen molar-refractivity contribution in [1.82, 2.24) is 0 Å². The first-order valence-electron chi connectivity index (χ1n) is 5.00. The Morgan fingerprint density at radius 2 is 1.92 bits per heavy atom. The van der Waals surface area contributed by atoms with Crippen molar-refractivity contribution in [3.63, 3.8) is 0 Å². The highest BCUT2D eigenvalue weighted by Gasteiger charge is 2.47. The summed E-state index contributed by atoms with van der Waals surface area (Å²) in [6.45, 7) is 2.47. The number of hydrogen-bond donors (Lipinski definition) is 0. The molecule has 13 heavy (non-hydrogen) atoms. The monoisotopic (exact) mass is 180 g/mol. The molecular weight excluding hydrogens is 164 g/mol. The number of hydrogen-bond acceptors (Lipinski definition) is 2. The van der Waals surface area contributed by atoms with Crippen LogP contribution in [-0.2, 0) is 9.47 Å². The summed E-state index contributed by atoms with van der Waals surface area (Å²) in [5.41, 5.74) is -0.489. The summed E-state index contributed by atoms with van der Waals surface area (Å²) in [5, 5.41) is 0. The van der Waals surface area contributed by atoms with Gasteiger partial charge in [0, 0.05) is 12.8 Å². The molecule has 0 aromatic rings. The van der Waals surface area contributed by atoms with E-state index in [-0.39, 0.29) is 5.79 Å². The first-order valence-corrected chi connectivity index (χ1v) is 5.00. The Morgan fingerprint density at radius 3 is 2.46 bits per heavy atom. The van der Waals surface area contributed by atoms with Crippen LogP contribution in [0.2, 0.25) is 0 Å². The minimum absolute atomic E-state index is 0.334. The van der Waals surface area contributed by atoms with Crippen molar-refractivity contribution in [3.8, 4) is 12.3 Å². The van der Waals surface area contributed by atoms with Crippen molar-refractivity contribution in [1.29, 1.82) is 0 Å². The van der Waals surface area contributed by atoms with Crippen LogP contribution in [0.3, 0.4) is 0 Å². The van der Waals surface area contributed by atoms with Crippen LogP contribution in [0.25, 0.3) is 0 Å². The molecule has 0 bridgehead atoms. The highest BCUT2D eigenvalue weighted by molar-refractivity contribution is 5.09. The molecule has 2 rings (SSSR count). The van der Waals surface area contributed by atoms with Crippen LogP contribution in [0.15, 0.2) is 0 Å². The molecular formula is C11H16O2. The molecule has 0 amide bonds. The van der Waals surface area contributed by atoms with Crippen LogP contribution in [0, 0.1) is 12.3 Å². The lowest BCUT2D eigenvalue weighted by atomic mass is 9.94. The largest absolute Gasteiger partial charge is 0.346 e. The fourth-order valence-corrected chi connectivity index (χ4v) is 2.15. The molecule has 2 heteroatoms. The van der Waals surface area contributed by atoms with E-state index in [4.69, 9.17) is 15.9 Å². The Balaban J connectivity index is 2.07. The molecule has 1 saturated carbocycles. The van der Waals surface area contributed by atoms with E-state index in [0.717, 1.165) is 12.8 Å². The summed E-state index contributed by atoms with van der Waals surface area (Å²) < 4.78 is 11.6. The van der Waals surface area contributed by atoms with E-state index >= 15 is 0 Å².